The molecule has 2 aromatic carbocycles. The first kappa shape index (κ1) is 28.0. The molecule has 2 amide bonds. The van der Waals surface area contributed by atoms with Gasteiger partial charge in [-0.1, -0.05) is 53.9 Å². The lowest BCUT2D eigenvalue weighted by Gasteiger charge is -2.32. The minimum Gasteiger partial charge on any atom is -0.352 e. The van der Waals surface area contributed by atoms with Crippen molar-refractivity contribution in [2.45, 2.75) is 52.7 Å². The highest BCUT2D eigenvalue weighted by Gasteiger charge is 2.30. The number of anilines is 1. The van der Waals surface area contributed by atoms with Crippen molar-refractivity contribution in [3.8, 4) is 0 Å². The van der Waals surface area contributed by atoms with Crippen molar-refractivity contribution < 1.29 is 18.0 Å². The standard InChI is InChI=1S/C24H31Cl2N3O4S/c1-6-17(3)27-24(31)18(4)28(14-19-9-12-21(25)22(26)13-19)23(30)15-29(34(5,32)33)20-10-7-16(2)8-11-20/h7-13,17-18H,6,14-15H2,1-5H3,(H,27,31). The summed E-state index contributed by atoms with van der Waals surface area (Å²) < 4.78 is 26.1. The molecule has 2 rings (SSSR count). The fourth-order valence-electron chi connectivity index (χ4n) is 3.21. The molecular formula is C24H31Cl2N3O4S. The lowest BCUT2D eigenvalue weighted by atomic mass is 10.1. The van der Waals surface area contributed by atoms with Gasteiger partial charge in [0.05, 0.1) is 22.0 Å². The number of halogens is 2. The van der Waals surface area contributed by atoms with E-state index in [4.69, 9.17) is 23.2 Å². The maximum atomic E-state index is 13.5. The van der Waals surface area contributed by atoms with Crippen LogP contribution in [0.2, 0.25) is 10.0 Å². The van der Waals surface area contributed by atoms with Crippen LogP contribution in [0, 0.1) is 6.92 Å². The SMILES string of the molecule is CCC(C)NC(=O)C(C)N(Cc1ccc(Cl)c(Cl)c1)C(=O)CN(c1ccc(C)cc1)S(C)(=O)=O. The fraction of sp³-hybridized carbons (Fsp3) is 0.417. The Hall–Kier alpha value is -2.29. The summed E-state index contributed by atoms with van der Waals surface area (Å²) in [4.78, 5) is 27.7. The molecule has 0 aliphatic carbocycles. The highest BCUT2D eigenvalue weighted by atomic mass is 35.5. The number of hydrogen-bond acceptors (Lipinski definition) is 4. The van der Waals surface area contributed by atoms with Crippen LogP contribution in [0.1, 0.15) is 38.3 Å². The summed E-state index contributed by atoms with van der Waals surface area (Å²) in [7, 11) is -3.77. The van der Waals surface area contributed by atoms with Gasteiger partial charge >= 0.3 is 0 Å². The predicted octanol–water partition coefficient (Wildman–Crippen LogP) is 4.40. The molecule has 0 radical (unpaired) electrons. The maximum Gasteiger partial charge on any atom is 0.244 e. The van der Waals surface area contributed by atoms with Crippen molar-refractivity contribution in [1.82, 2.24) is 10.2 Å². The van der Waals surface area contributed by atoms with Gasteiger partial charge in [0.15, 0.2) is 0 Å². The molecule has 0 aliphatic heterocycles. The van der Waals surface area contributed by atoms with Gasteiger partial charge in [-0.2, -0.15) is 0 Å². The molecule has 1 N–H and O–H groups in total. The van der Waals surface area contributed by atoms with E-state index in [2.05, 4.69) is 5.32 Å². The van der Waals surface area contributed by atoms with Crippen molar-refractivity contribution in [3.63, 3.8) is 0 Å². The van der Waals surface area contributed by atoms with E-state index in [1.807, 2.05) is 20.8 Å². The molecule has 186 valence electrons. The number of benzene rings is 2. The summed E-state index contributed by atoms with van der Waals surface area (Å²) in [5.74, 6) is -0.854. The van der Waals surface area contributed by atoms with Crippen LogP contribution in [0.4, 0.5) is 5.69 Å². The number of hydrogen-bond donors (Lipinski definition) is 1. The zero-order chi connectivity index (χ0) is 25.6. The third kappa shape index (κ3) is 7.61. The molecule has 0 saturated carbocycles. The number of nitrogens with zero attached hydrogens (tertiary/aromatic N) is 2. The summed E-state index contributed by atoms with van der Waals surface area (Å²) in [5, 5.41) is 3.57. The molecule has 0 bridgehead atoms. The second-order valence-electron chi connectivity index (χ2n) is 8.37. The molecular weight excluding hydrogens is 497 g/mol. The zero-order valence-electron chi connectivity index (χ0n) is 20.0. The highest BCUT2D eigenvalue weighted by Crippen LogP contribution is 2.24. The topological polar surface area (TPSA) is 86.8 Å². The lowest BCUT2D eigenvalue weighted by molar-refractivity contribution is -0.139. The number of carbonyl (C=O) groups is 2. The summed E-state index contributed by atoms with van der Waals surface area (Å²) in [6.07, 6.45) is 1.77. The van der Waals surface area contributed by atoms with Crippen LogP contribution in [0.5, 0.6) is 0 Å². The summed E-state index contributed by atoms with van der Waals surface area (Å²) in [6, 6.07) is 10.9. The Balaban J connectivity index is 2.40. The molecule has 7 nitrogen and oxygen atoms in total. The van der Waals surface area contributed by atoms with Gasteiger partial charge in [-0.15, -0.1) is 0 Å². The number of rotatable bonds is 10. The first-order valence-corrected chi connectivity index (χ1v) is 13.5. The Morgan fingerprint density at radius 3 is 2.18 bits per heavy atom. The Morgan fingerprint density at radius 2 is 1.65 bits per heavy atom. The van der Waals surface area contributed by atoms with E-state index < -0.39 is 28.5 Å². The second-order valence-corrected chi connectivity index (χ2v) is 11.1. The Labute approximate surface area is 212 Å². The fourth-order valence-corrected chi connectivity index (χ4v) is 4.38. The van der Waals surface area contributed by atoms with Gasteiger partial charge < -0.3 is 10.2 Å². The monoisotopic (exact) mass is 527 g/mol. The van der Waals surface area contributed by atoms with Gasteiger partial charge in [0.2, 0.25) is 21.8 Å². The number of amides is 2. The van der Waals surface area contributed by atoms with Gasteiger partial charge in [0.25, 0.3) is 0 Å². The smallest absolute Gasteiger partial charge is 0.244 e. The maximum absolute atomic E-state index is 13.5. The van der Waals surface area contributed by atoms with Gasteiger partial charge in [-0.25, -0.2) is 8.42 Å². The second kappa shape index (κ2) is 11.9. The summed E-state index contributed by atoms with van der Waals surface area (Å²) >= 11 is 12.2. The third-order valence-electron chi connectivity index (χ3n) is 5.51. The Bertz CT molecular complexity index is 1120. The number of aryl methyl sites for hydroxylation is 1. The quantitative estimate of drug-likeness (QED) is 0.495. The number of sulfonamides is 1. The van der Waals surface area contributed by atoms with Crippen LogP contribution < -0.4 is 9.62 Å². The molecule has 0 aromatic heterocycles. The minimum absolute atomic E-state index is 0.0519. The summed E-state index contributed by atoms with van der Waals surface area (Å²) in [6.45, 7) is 6.92. The van der Waals surface area contributed by atoms with Crippen LogP contribution in [-0.4, -0.2) is 50.0 Å². The molecule has 34 heavy (non-hydrogen) atoms. The molecule has 0 heterocycles. The molecule has 2 aromatic rings. The van der Waals surface area contributed by atoms with Gasteiger partial charge in [-0.3, -0.25) is 13.9 Å². The van der Waals surface area contributed by atoms with E-state index in [0.29, 0.717) is 21.3 Å². The third-order valence-corrected chi connectivity index (χ3v) is 7.39. The molecule has 10 heteroatoms. The first-order chi connectivity index (χ1) is 15.8. The van der Waals surface area contributed by atoms with Gasteiger partial charge in [0.1, 0.15) is 12.6 Å². The lowest BCUT2D eigenvalue weighted by Crippen LogP contribution is -2.52. The van der Waals surface area contributed by atoms with Crippen molar-refractivity contribution in [1.29, 1.82) is 0 Å². The van der Waals surface area contributed by atoms with Crippen molar-refractivity contribution in [2.75, 3.05) is 17.1 Å². The van der Waals surface area contributed by atoms with Crippen LogP contribution in [0.3, 0.4) is 0 Å². The summed E-state index contributed by atoms with van der Waals surface area (Å²) in [5.41, 5.74) is 1.99. The molecule has 0 saturated heterocycles. The van der Waals surface area contributed by atoms with E-state index in [-0.39, 0.29) is 18.5 Å². The molecule has 2 unspecified atom stereocenters. The van der Waals surface area contributed by atoms with Crippen LogP contribution in [0.15, 0.2) is 42.5 Å². The van der Waals surface area contributed by atoms with E-state index >= 15 is 0 Å². The van der Waals surface area contributed by atoms with Crippen molar-refractivity contribution >= 4 is 50.7 Å². The van der Waals surface area contributed by atoms with Crippen LogP contribution >= 0.6 is 23.2 Å². The Morgan fingerprint density at radius 1 is 1.03 bits per heavy atom. The average molecular weight is 529 g/mol. The normalized spacial score (nSPS) is 13.1. The highest BCUT2D eigenvalue weighted by molar-refractivity contribution is 7.92. The molecule has 2 atom stereocenters. The van der Waals surface area contributed by atoms with E-state index in [1.54, 1.807) is 49.4 Å². The van der Waals surface area contributed by atoms with Crippen LogP contribution in [0.25, 0.3) is 0 Å². The largest absolute Gasteiger partial charge is 0.352 e. The van der Waals surface area contributed by atoms with E-state index in [0.717, 1.165) is 22.5 Å². The molecule has 0 spiro atoms. The predicted molar refractivity (Wildman–Crippen MR) is 138 cm³/mol. The van der Waals surface area contributed by atoms with Gasteiger partial charge in [-0.05, 0) is 57.0 Å². The average Bonchev–Trinajstić information content (AvgIpc) is 2.77. The minimum atomic E-state index is -3.77. The van der Waals surface area contributed by atoms with Crippen molar-refractivity contribution in [2.24, 2.45) is 0 Å². The number of nitrogens with one attached hydrogen (secondary N) is 1. The van der Waals surface area contributed by atoms with Gasteiger partial charge in [0, 0.05) is 12.6 Å². The first-order valence-electron chi connectivity index (χ1n) is 10.9. The van der Waals surface area contributed by atoms with E-state index in [1.165, 1.54) is 4.90 Å². The number of carbonyl (C=O) groups excluding carboxylic acids is 2. The molecule has 0 aliphatic rings. The van der Waals surface area contributed by atoms with E-state index in [9.17, 15) is 18.0 Å². The van der Waals surface area contributed by atoms with Crippen LogP contribution in [-0.2, 0) is 26.2 Å². The Kier molecular flexibility index (Phi) is 9.79. The molecule has 0 fully saturated rings. The zero-order valence-corrected chi connectivity index (χ0v) is 22.3. The van der Waals surface area contributed by atoms with Crippen molar-refractivity contribution in [3.05, 3.63) is 63.6 Å².